The van der Waals surface area contributed by atoms with Crippen LogP contribution in [0.5, 0.6) is 0 Å². The molecule has 0 saturated carbocycles. The van der Waals surface area contributed by atoms with Crippen LogP contribution in [0.2, 0.25) is 5.02 Å². The van der Waals surface area contributed by atoms with Crippen molar-refractivity contribution in [3.05, 3.63) is 94.5 Å². The molecule has 3 aromatic carbocycles. The van der Waals surface area contributed by atoms with Crippen molar-refractivity contribution in [3.8, 4) is 0 Å². The molecule has 1 saturated heterocycles. The summed E-state index contributed by atoms with van der Waals surface area (Å²) < 4.78 is 62.4. The van der Waals surface area contributed by atoms with Gasteiger partial charge >= 0.3 is 11.9 Å². The molecule has 0 radical (unpaired) electrons. The van der Waals surface area contributed by atoms with Gasteiger partial charge < -0.3 is 25.2 Å². The van der Waals surface area contributed by atoms with Crippen LogP contribution in [-0.4, -0.2) is 81.1 Å². The molecule has 3 aromatic rings. The topological polar surface area (TPSA) is 209 Å². The minimum atomic E-state index is -4.15. The smallest absolute Gasteiger partial charge is 0.334 e. The average molecular weight is 737 g/mol. The third kappa shape index (κ3) is 10.3. The maximum absolute atomic E-state index is 13.1. The normalized spacial score (nSPS) is 16.3. The van der Waals surface area contributed by atoms with Crippen LogP contribution >= 0.6 is 11.6 Å². The number of amides is 1. The number of likely N-dealkylation sites (tertiary alicyclic amines) is 1. The van der Waals surface area contributed by atoms with Crippen molar-refractivity contribution >= 4 is 49.5 Å². The van der Waals surface area contributed by atoms with E-state index in [2.05, 4.69) is 14.8 Å². The van der Waals surface area contributed by atoms with E-state index >= 15 is 0 Å². The van der Waals surface area contributed by atoms with E-state index in [1.807, 2.05) is 0 Å². The monoisotopic (exact) mass is 736 g/mol. The number of benzene rings is 3. The van der Waals surface area contributed by atoms with Gasteiger partial charge in [-0.2, -0.15) is 0 Å². The fourth-order valence-corrected chi connectivity index (χ4v) is 7.70. The molecule has 3 atom stereocenters. The number of nitrogens with one attached hydrogen (secondary N) is 3. The Labute approximate surface area is 289 Å². The number of carboxylic acid groups (broad SMARTS) is 2. The number of nitrogens with zero attached hydrogens (tertiary/aromatic N) is 1. The van der Waals surface area contributed by atoms with Crippen molar-refractivity contribution in [2.24, 2.45) is 0 Å². The number of sulfonamides is 2. The number of carbonyl (C=O) groups excluding carboxylic acids is 1. The van der Waals surface area contributed by atoms with Gasteiger partial charge in [0.15, 0.2) is 6.10 Å². The maximum atomic E-state index is 13.1. The van der Waals surface area contributed by atoms with E-state index in [0.29, 0.717) is 36.1 Å². The van der Waals surface area contributed by atoms with Gasteiger partial charge in [-0.25, -0.2) is 35.9 Å². The zero-order valence-corrected chi connectivity index (χ0v) is 28.8. The first-order valence-corrected chi connectivity index (χ1v) is 18.5. The minimum absolute atomic E-state index is 0.0147. The second kappa shape index (κ2) is 16.7. The molecule has 5 N–H and O–H groups in total. The molecular formula is C32H37ClN4O10S2. The van der Waals surface area contributed by atoms with Gasteiger partial charge in [-0.15, -0.1) is 0 Å². The van der Waals surface area contributed by atoms with E-state index in [-0.39, 0.29) is 41.1 Å². The summed E-state index contributed by atoms with van der Waals surface area (Å²) in [6.45, 7) is 1.40. The number of aliphatic carboxylic acids is 2. The van der Waals surface area contributed by atoms with Crippen molar-refractivity contribution in [2.45, 2.75) is 67.4 Å². The fraction of sp³-hybridized carbons (Fsp3) is 0.344. The van der Waals surface area contributed by atoms with Crippen LogP contribution in [0.15, 0.2) is 82.6 Å². The van der Waals surface area contributed by atoms with Crippen molar-refractivity contribution in [2.75, 3.05) is 13.1 Å². The average Bonchev–Trinajstić information content (AvgIpc) is 3.57. The SMILES string of the molecule is C[C@H](NC[C@H](OCc1ccc(CNS(=O)(=O)c2ccc(Cl)c(S(=O)(=O)NCc3ccccc3)c2)cc1)C(=O)O)C(=O)N1CCC[C@H]1C(=O)O. The molecule has 1 fully saturated rings. The number of carbonyl (C=O) groups is 3. The van der Waals surface area contributed by atoms with E-state index in [4.69, 9.17) is 16.3 Å². The fourth-order valence-electron chi connectivity index (χ4n) is 5.05. The summed E-state index contributed by atoms with van der Waals surface area (Å²) >= 11 is 6.13. The first-order chi connectivity index (χ1) is 23.2. The molecule has 0 unspecified atom stereocenters. The number of hydrogen-bond donors (Lipinski definition) is 5. The quantitative estimate of drug-likeness (QED) is 0.136. The Morgan fingerprint density at radius 1 is 0.898 bits per heavy atom. The molecule has 49 heavy (non-hydrogen) atoms. The predicted octanol–water partition coefficient (Wildman–Crippen LogP) is 2.32. The van der Waals surface area contributed by atoms with E-state index < -0.39 is 56.1 Å². The molecule has 0 bridgehead atoms. The van der Waals surface area contributed by atoms with E-state index in [1.165, 1.54) is 24.0 Å². The van der Waals surface area contributed by atoms with Crippen LogP contribution in [0, 0.1) is 0 Å². The van der Waals surface area contributed by atoms with Gasteiger partial charge in [-0.3, -0.25) is 4.79 Å². The van der Waals surface area contributed by atoms with Crippen molar-refractivity contribution in [3.63, 3.8) is 0 Å². The van der Waals surface area contributed by atoms with Gasteiger partial charge in [0.25, 0.3) is 0 Å². The molecule has 17 heteroatoms. The Bertz CT molecular complexity index is 1860. The molecule has 0 aliphatic carbocycles. The lowest BCUT2D eigenvalue weighted by molar-refractivity contribution is -0.151. The number of carboxylic acids is 2. The minimum Gasteiger partial charge on any atom is -0.480 e. The third-order valence-corrected chi connectivity index (χ3v) is 11.1. The standard InChI is InChI=1S/C32H37ClN4O10S2/c1-21(30(38)37-15-5-8-27(37)31(39)40)34-19-28(32(41)42)47-20-24-11-9-23(10-12-24)18-35-48(43,44)25-13-14-26(33)29(16-25)49(45,46)36-17-22-6-3-2-4-7-22/h2-4,6-7,9-14,16,21,27-28,34-36H,5,8,15,17-20H2,1H3,(H,39,40)(H,41,42)/t21-,27-,28-/m0/s1. The molecule has 14 nitrogen and oxygen atoms in total. The zero-order valence-electron chi connectivity index (χ0n) is 26.4. The van der Waals surface area contributed by atoms with Gasteiger partial charge in [0, 0.05) is 26.2 Å². The number of hydrogen-bond acceptors (Lipinski definition) is 9. The molecule has 4 rings (SSSR count). The Balaban J connectivity index is 1.30. The lowest BCUT2D eigenvalue weighted by atomic mass is 10.1. The second-order valence-corrected chi connectivity index (χ2v) is 15.2. The van der Waals surface area contributed by atoms with Gasteiger partial charge in [0.1, 0.15) is 10.9 Å². The molecular weight excluding hydrogens is 700 g/mol. The highest BCUT2D eigenvalue weighted by atomic mass is 35.5. The summed E-state index contributed by atoms with van der Waals surface area (Å²) in [7, 11) is -8.30. The van der Waals surface area contributed by atoms with Crippen LogP contribution < -0.4 is 14.8 Å². The third-order valence-electron chi connectivity index (χ3n) is 7.83. The Morgan fingerprint density at radius 3 is 2.14 bits per heavy atom. The van der Waals surface area contributed by atoms with Crippen molar-refractivity contribution in [1.82, 2.24) is 19.7 Å². The number of ether oxygens (including phenoxy) is 1. The van der Waals surface area contributed by atoms with Crippen LogP contribution in [0.25, 0.3) is 0 Å². The summed E-state index contributed by atoms with van der Waals surface area (Å²) in [5.41, 5.74) is 1.86. The zero-order chi connectivity index (χ0) is 35.8. The summed E-state index contributed by atoms with van der Waals surface area (Å²) in [6, 6.07) is 17.0. The van der Waals surface area contributed by atoms with Crippen LogP contribution in [0.4, 0.5) is 0 Å². The van der Waals surface area contributed by atoms with Crippen LogP contribution in [0.1, 0.15) is 36.5 Å². The van der Waals surface area contributed by atoms with Gasteiger partial charge in [-0.05, 0) is 54.7 Å². The highest BCUT2D eigenvalue weighted by Crippen LogP contribution is 2.25. The molecule has 1 heterocycles. The summed E-state index contributed by atoms with van der Waals surface area (Å²) in [6.07, 6.45) is -0.370. The first kappa shape index (κ1) is 37.9. The van der Waals surface area contributed by atoms with Crippen molar-refractivity contribution in [1.29, 1.82) is 0 Å². The summed E-state index contributed by atoms with van der Waals surface area (Å²) in [5.74, 6) is -2.77. The van der Waals surface area contributed by atoms with Crippen LogP contribution in [-0.2, 0) is 58.9 Å². The predicted molar refractivity (Wildman–Crippen MR) is 178 cm³/mol. The summed E-state index contributed by atoms with van der Waals surface area (Å²) in [4.78, 5) is 36.5. The summed E-state index contributed by atoms with van der Waals surface area (Å²) in [5, 5.41) is 21.6. The highest BCUT2D eigenvalue weighted by molar-refractivity contribution is 7.90. The Kier molecular flexibility index (Phi) is 12.9. The van der Waals surface area contributed by atoms with Crippen molar-refractivity contribution < 1.29 is 46.2 Å². The van der Waals surface area contributed by atoms with Gasteiger partial charge in [0.05, 0.1) is 22.6 Å². The van der Waals surface area contributed by atoms with Crippen LogP contribution in [0.3, 0.4) is 0 Å². The number of rotatable bonds is 17. The molecule has 1 amide bonds. The van der Waals surface area contributed by atoms with Gasteiger partial charge in [0.2, 0.25) is 26.0 Å². The van der Waals surface area contributed by atoms with E-state index in [9.17, 15) is 41.4 Å². The molecule has 1 aliphatic heterocycles. The number of halogens is 1. The molecule has 0 spiro atoms. The largest absolute Gasteiger partial charge is 0.480 e. The van der Waals surface area contributed by atoms with E-state index in [1.54, 1.807) is 54.6 Å². The Morgan fingerprint density at radius 2 is 1.51 bits per heavy atom. The van der Waals surface area contributed by atoms with E-state index in [0.717, 1.165) is 6.07 Å². The molecule has 0 aromatic heterocycles. The highest BCUT2D eigenvalue weighted by Gasteiger charge is 2.36. The first-order valence-electron chi connectivity index (χ1n) is 15.2. The second-order valence-electron chi connectivity index (χ2n) is 11.3. The molecule has 264 valence electrons. The maximum Gasteiger partial charge on any atom is 0.334 e. The van der Waals surface area contributed by atoms with Gasteiger partial charge in [-0.1, -0.05) is 66.2 Å². The Hall–Kier alpha value is -3.90. The molecule has 1 aliphatic rings. The lowest BCUT2D eigenvalue weighted by Crippen LogP contribution is -2.51. The lowest BCUT2D eigenvalue weighted by Gasteiger charge is -2.26.